The minimum absolute atomic E-state index is 0.238. The maximum absolute atomic E-state index is 5.70. The number of aliphatic imine (C=N–C) groups is 1. The second-order valence-corrected chi connectivity index (χ2v) is 5.79. The second kappa shape index (κ2) is 8.63. The van der Waals surface area contributed by atoms with Crippen molar-refractivity contribution in [1.82, 2.24) is 10.6 Å². The van der Waals surface area contributed by atoms with Crippen molar-refractivity contribution in [1.29, 1.82) is 0 Å². The summed E-state index contributed by atoms with van der Waals surface area (Å²) in [5.74, 6) is 1.66. The van der Waals surface area contributed by atoms with Gasteiger partial charge < -0.3 is 20.1 Å². The van der Waals surface area contributed by atoms with Gasteiger partial charge in [-0.2, -0.15) is 0 Å². The third kappa shape index (κ3) is 5.93. The first-order valence-corrected chi connectivity index (χ1v) is 7.64. The van der Waals surface area contributed by atoms with Crippen LogP contribution in [-0.2, 0) is 11.3 Å². The zero-order chi connectivity index (χ0) is 16.6. The van der Waals surface area contributed by atoms with E-state index in [1.165, 1.54) is 5.56 Å². The van der Waals surface area contributed by atoms with Gasteiger partial charge in [-0.15, -0.1) is 0 Å². The Morgan fingerprint density at radius 2 is 2.00 bits per heavy atom. The highest BCUT2D eigenvalue weighted by molar-refractivity contribution is 5.79. The first kappa shape index (κ1) is 18.3. The van der Waals surface area contributed by atoms with Gasteiger partial charge in [0, 0.05) is 32.8 Å². The molecule has 1 aromatic rings. The molecule has 0 unspecified atom stereocenters. The smallest absolute Gasteiger partial charge is 0.191 e. The molecule has 0 spiro atoms. The number of hydrogen-bond acceptors (Lipinski definition) is 3. The Balaban J connectivity index is 2.64. The van der Waals surface area contributed by atoms with Gasteiger partial charge in [-0.05, 0) is 39.3 Å². The summed E-state index contributed by atoms with van der Waals surface area (Å²) in [5, 5.41) is 6.57. The van der Waals surface area contributed by atoms with Crippen LogP contribution in [0.5, 0.6) is 5.75 Å². The van der Waals surface area contributed by atoms with Gasteiger partial charge in [-0.25, -0.2) is 0 Å². The molecule has 124 valence electrons. The summed E-state index contributed by atoms with van der Waals surface area (Å²) in [7, 11) is 3.46. The zero-order valence-corrected chi connectivity index (χ0v) is 14.6. The monoisotopic (exact) mass is 307 g/mol. The lowest BCUT2D eigenvalue weighted by atomic mass is 10.1. The molecule has 0 aliphatic carbocycles. The maximum Gasteiger partial charge on any atom is 0.191 e. The lowest BCUT2D eigenvalue weighted by Gasteiger charge is -2.24. The quantitative estimate of drug-likeness (QED) is 0.600. The van der Waals surface area contributed by atoms with E-state index in [1.807, 2.05) is 20.8 Å². The number of aryl methyl sites for hydroxylation is 1. The van der Waals surface area contributed by atoms with E-state index in [2.05, 4.69) is 40.7 Å². The van der Waals surface area contributed by atoms with Gasteiger partial charge in [0.25, 0.3) is 0 Å². The minimum Gasteiger partial charge on any atom is -0.494 e. The Morgan fingerprint density at radius 1 is 1.27 bits per heavy atom. The van der Waals surface area contributed by atoms with E-state index in [0.717, 1.165) is 17.3 Å². The van der Waals surface area contributed by atoms with E-state index in [9.17, 15) is 0 Å². The van der Waals surface area contributed by atoms with Crippen LogP contribution in [0, 0.1) is 6.92 Å². The van der Waals surface area contributed by atoms with Crippen LogP contribution < -0.4 is 15.4 Å². The normalized spacial score (nSPS) is 12.2. The largest absolute Gasteiger partial charge is 0.494 e. The molecule has 0 aliphatic rings. The van der Waals surface area contributed by atoms with Crippen LogP contribution >= 0.6 is 0 Å². The van der Waals surface area contributed by atoms with Gasteiger partial charge in [-0.1, -0.05) is 12.1 Å². The third-order valence-corrected chi connectivity index (χ3v) is 3.43. The highest BCUT2D eigenvalue weighted by Crippen LogP contribution is 2.20. The topological polar surface area (TPSA) is 54.9 Å². The van der Waals surface area contributed by atoms with Crippen LogP contribution in [0.15, 0.2) is 23.2 Å². The highest BCUT2D eigenvalue weighted by atomic mass is 16.5. The summed E-state index contributed by atoms with van der Waals surface area (Å²) in [6.45, 7) is 10.1. The van der Waals surface area contributed by atoms with E-state index in [1.54, 1.807) is 14.2 Å². The standard InChI is InChI=1S/C17H29N3O2/c1-7-22-15-10-13(2)8-9-14(15)11-19-16(18-5)20-12-17(3,4)21-6/h8-10H,7,11-12H2,1-6H3,(H2,18,19,20). The van der Waals surface area contributed by atoms with E-state index < -0.39 is 0 Å². The molecule has 1 aromatic carbocycles. The van der Waals surface area contributed by atoms with E-state index in [4.69, 9.17) is 9.47 Å². The number of rotatable bonds is 7. The number of methoxy groups -OCH3 is 1. The fraction of sp³-hybridized carbons (Fsp3) is 0.588. The molecule has 5 heteroatoms. The fourth-order valence-corrected chi connectivity index (χ4v) is 1.87. The van der Waals surface area contributed by atoms with Gasteiger partial charge >= 0.3 is 0 Å². The van der Waals surface area contributed by atoms with Gasteiger partial charge in [0.1, 0.15) is 5.75 Å². The SMILES string of the molecule is CCOc1cc(C)ccc1CNC(=NC)NCC(C)(C)OC. The lowest BCUT2D eigenvalue weighted by Crippen LogP contribution is -2.45. The molecule has 0 aliphatic heterocycles. The Labute approximate surface area is 134 Å². The number of ether oxygens (including phenoxy) is 2. The molecular weight excluding hydrogens is 278 g/mol. The van der Waals surface area contributed by atoms with Crippen LogP contribution in [-0.4, -0.2) is 38.9 Å². The molecular formula is C17H29N3O2. The Morgan fingerprint density at radius 3 is 2.59 bits per heavy atom. The lowest BCUT2D eigenvalue weighted by molar-refractivity contribution is 0.0268. The molecule has 0 heterocycles. The molecule has 0 bridgehead atoms. The zero-order valence-electron chi connectivity index (χ0n) is 14.6. The number of nitrogens with zero attached hydrogens (tertiary/aromatic N) is 1. The number of guanidine groups is 1. The Kier molecular flexibility index (Phi) is 7.18. The average molecular weight is 307 g/mol. The third-order valence-electron chi connectivity index (χ3n) is 3.43. The van der Waals surface area contributed by atoms with Gasteiger partial charge in [-0.3, -0.25) is 4.99 Å². The highest BCUT2D eigenvalue weighted by Gasteiger charge is 2.16. The molecule has 2 N–H and O–H groups in total. The van der Waals surface area contributed by atoms with E-state index in [0.29, 0.717) is 19.7 Å². The molecule has 0 amide bonds. The van der Waals surface area contributed by atoms with Crippen molar-refractivity contribution in [2.45, 2.75) is 39.8 Å². The summed E-state index contributed by atoms with van der Waals surface area (Å²) in [6.07, 6.45) is 0. The van der Waals surface area contributed by atoms with Crippen molar-refractivity contribution in [3.8, 4) is 5.75 Å². The first-order valence-electron chi connectivity index (χ1n) is 7.64. The van der Waals surface area contributed by atoms with Crippen LogP contribution in [0.1, 0.15) is 31.9 Å². The van der Waals surface area contributed by atoms with Crippen molar-refractivity contribution >= 4 is 5.96 Å². The summed E-state index contributed by atoms with van der Waals surface area (Å²) < 4.78 is 11.1. The van der Waals surface area contributed by atoms with Crippen molar-refractivity contribution in [2.24, 2.45) is 4.99 Å². The van der Waals surface area contributed by atoms with Crippen LogP contribution in [0.4, 0.5) is 0 Å². The molecule has 5 nitrogen and oxygen atoms in total. The fourth-order valence-electron chi connectivity index (χ4n) is 1.87. The first-order chi connectivity index (χ1) is 10.4. The molecule has 0 saturated heterocycles. The summed E-state index contributed by atoms with van der Waals surface area (Å²) in [6, 6.07) is 6.23. The molecule has 1 rings (SSSR count). The van der Waals surface area contributed by atoms with Crippen LogP contribution in [0.2, 0.25) is 0 Å². The number of nitrogens with one attached hydrogen (secondary N) is 2. The summed E-state index contributed by atoms with van der Waals surface area (Å²) >= 11 is 0. The second-order valence-electron chi connectivity index (χ2n) is 5.79. The van der Waals surface area contributed by atoms with Crippen molar-refractivity contribution in [2.75, 3.05) is 27.3 Å². The van der Waals surface area contributed by atoms with Gasteiger partial charge in [0.15, 0.2) is 5.96 Å². The van der Waals surface area contributed by atoms with Crippen molar-refractivity contribution in [3.63, 3.8) is 0 Å². The molecule has 0 aromatic heterocycles. The Bertz CT molecular complexity index is 499. The van der Waals surface area contributed by atoms with E-state index >= 15 is 0 Å². The van der Waals surface area contributed by atoms with Crippen molar-refractivity contribution < 1.29 is 9.47 Å². The van der Waals surface area contributed by atoms with Gasteiger partial charge in [0.2, 0.25) is 0 Å². The Hall–Kier alpha value is -1.75. The summed E-state index contributed by atoms with van der Waals surface area (Å²) in [4.78, 5) is 4.23. The summed E-state index contributed by atoms with van der Waals surface area (Å²) in [5.41, 5.74) is 2.07. The molecule has 0 radical (unpaired) electrons. The average Bonchev–Trinajstić information content (AvgIpc) is 2.49. The van der Waals surface area contributed by atoms with E-state index in [-0.39, 0.29) is 5.60 Å². The van der Waals surface area contributed by atoms with Gasteiger partial charge in [0.05, 0.1) is 12.2 Å². The predicted octanol–water partition coefficient (Wildman–Crippen LogP) is 2.48. The predicted molar refractivity (Wildman–Crippen MR) is 91.6 cm³/mol. The number of hydrogen-bond donors (Lipinski definition) is 2. The molecule has 0 fully saturated rings. The number of benzene rings is 1. The molecule has 22 heavy (non-hydrogen) atoms. The van der Waals surface area contributed by atoms with Crippen molar-refractivity contribution in [3.05, 3.63) is 29.3 Å². The minimum atomic E-state index is -0.238. The van der Waals surface area contributed by atoms with Crippen LogP contribution in [0.3, 0.4) is 0 Å². The molecule has 0 atom stereocenters. The molecule has 0 saturated carbocycles. The maximum atomic E-state index is 5.70. The van der Waals surface area contributed by atoms with Crippen LogP contribution in [0.25, 0.3) is 0 Å².